The molecule has 0 aliphatic carbocycles. The van der Waals surface area contributed by atoms with Crippen LogP contribution in [0.5, 0.6) is 11.5 Å². The second kappa shape index (κ2) is 6.57. The van der Waals surface area contributed by atoms with Gasteiger partial charge in [0.05, 0.1) is 25.6 Å². The highest BCUT2D eigenvalue weighted by Gasteiger charge is 2.14. The van der Waals surface area contributed by atoms with Crippen LogP contribution in [0.4, 0.5) is 0 Å². The minimum Gasteiger partial charge on any atom is -0.493 e. The lowest BCUT2D eigenvalue weighted by Gasteiger charge is -2.13. The van der Waals surface area contributed by atoms with Crippen LogP contribution in [0.25, 0.3) is 22.5 Å². The van der Waals surface area contributed by atoms with Gasteiger partial charge in [-0.15, -0.1) is 0 Å². The maximum Gasteiger partial charge on any atom is 0.163 e. The fourth-order valence-electron chi connectivity index (χ4n) is 2.69. The molecule has 0 unspecified atom stereocenters. The third kappa shape index (κ3) is 2.93. The third-order valence-electron chi connectivity index (χ3n) is 3.90. The molecule has 0 atom stereocenters. The van der Waals surface area contributed by atoms with E-state index in [1.165, 1.54) is 0 Å². The van der Waals surface area contributed by atoms with Gasteiger partial charge in [0, 0.05) is 5.56 Å². The van der Waals surface area contributed by atoms with Crippen molar-refractivity contribution in [2.75, 3.05) is 14.2 Å². The number of ether oxygens (including phenoxy) is 2. The molecule has 4 nitrogen and oxygen atoms in total. The number of aryl methyl sites for hydroxylation is 1. The summed E-state index contributed by atoms with van der Waals surface area (Å²) in [6.45, 7) is 2.10. The first-order valence-electron chi connectivity index (χ1n) is 7.63. The molecular formula is C19H20N2O2. The summed E-state index contributed by atoms with van der Waals surface area (Å²) in [6, 6.07) is 16.3. The number of nitrogens with zero attached hydrogens (tertiary/aromatic N) is 1. The average molecular weight is 308 g/mol. The normalized spacial score (nSPS) is 10.6. The predicted octanol–water partition coefficient (Wildman–Crippen LogP) is 4.32. The molecule has 2 aromatic carbocycles. The van der Waals surface area contributed by atoms with Gasteiger partial charge >= 0.3 is 0 Å². The number of aromatic amines is 1. The quantitative estimate of drug-likeness (QED) is 0.763. The highest BCUT2D eigenvalue weighted by Crippen LogP contribution is 2.36. The first kappa shape index (κ1) is 15.2. The predicted molar refractivity (Wildman–Crippen MR) is 91.9 cm³/mol. The molecule has 3 rings (SSSR count). The summed E-state index contributed by atoms with van der Waals surface area (Å²) in [6.07, 6.45) is 0.864. The van der Waals surface area contributed by atoms with Crippen molar-refractivity contribution < 1.29 is 9.47 Å². The zero-order valence-electron chi connectivity index (χ0n) is 13.6. The summed E-state index contributed by atoms with van der Waals surface area (Å²) in [4.78, 5) is 0. The first-order chi connectivity index (χ1) is 11.3. The molecule has 0 amide bonds. The van der Waals surface area contributed by atoms with Crippen LogP contribution in [-0.2, 0) is 6.42 Å². The van der Waals surface area contributed by atoms with Gasteiger partial charge in [-0.05, 0) is 35.7 Å². The largest absolute Gasteiger partial charge is 0.493 e. The van der Waals surface area contributed by atoms with E-state index in [1.807, 2.05) is 24.3 Å². The van der Waals surface area contributed by atoms with Gasteiger partial charge in [-0.25, -0.2) is 0 Å². The van der Waals surface area contributed by atoms with Crippen molar-refractivity contribution in [3.63, 3.8) is 0 Å². The van der Waals surface area contributed by atoms with Crippen molar-refractivity contribution in [2.45, 2.75) is 13.3 Å². The Labute approximate surface area is 136 Å². The van der Waals surface area contributed by atoms with E-state index in [1.54, 1.807) is 14.2 Å². The average Bonchev–Trinajstić information content (AvgIpc) is 3.11. The van der Waals surface area contributed by atoms with E-state index < -0.39 is 0 Å². The molecular weight excluding hydrogens is 288 g/mol. The SMILES string of the molecule is CCc1cc(-c2cc(-c3ccccc3)[nH]n2)cc(OC)c1OC. The Hall–Kier alpha value is -2.75. The topological polar surface area (TPSA) is 47.1 Å². The molecule has 3 aromatic rings. The number of hydrogen-bond donors (Lipinski definition) is 1. The fourth-order valence-corrected chi connectivity index (χ4v) is 2.69. The van der Waals surface area contributed by atoms with Gasteiger partial charge in [0.1, 0.15) is 0 Å². The standard InChI is InChI=1S/C19H20N2O2/c1-4-13-10-15(11-18(22-2)19(13)23-3)17-12-16(20-21-17)14-8-6-5-7-9-14/h5-12H,4H2,1-3H3,(H,20,21). The van der Waals surface area contributed by atoms with Crippen LogP contribution in [-0.4, -0.2) is 24.4 Å². The lowest BCUT2D eigenvalue weighted by Crippen LogP contribution is -1.96. The second-order valence-corrected chi connectivity index (χ2v) is 5.26. The molecule has 0 radical (unpaired) electrons. The van der Waals surface area contributed by atoms with Gasteiger partial charge in [0.2, 0.25) is 0 Å². The molecule has 1 aromatic heterocycles. The van der Waals surface area contributed by atoms with Crippen LogP contribution in [0, 0.1) is 0 Å². The van der Waals surface area contributed by atoms with Gasteiger partial charge in [-0.1, -0.05) is 37.3 Å². The van der Waals surface area contributed by atoms with Crippen molar-refractivity contribution in [3.8, 4) is 34.0 Å². The molecule has 0 fully saturated rings. The summed E-state index contributed by atoms with van der Waals surface area (Å²) in [5.74, 6) is 1.52. The maximum atomic E-state index is 5.47. The molecule has 1 heterocycles. The highest BCUT2D eigenvalue weighted by atomic mass is 16.5. The highest BCUT2D eigenvalue weighted by molar-refractivity contribution is 5.71. The maximum absolute atomic E-state index is 5.47. The number of nitrogens with one attached hydrogen (secondary N) is 1. The van der Waals surface area contributed by atoms with Gasteiger partial charge in [-0.3, -0.25) is 5.10 Å². The Morgan fingerprint density at radius 3 is 2.39 bits per heavy atom. The number of rotatable bonds is 5. The minimum atomic E-state index is 0.728. The zero-order valence-corrected chi connectivity index (χ0v) is 13.6. The van der Waals surface area contributed by atoms with Gasteiger partial charge in [-0.2, -0.15) is 5.10 Å². The Morgan fingerprint density at radius 2 is 1.74 bits per heavy atom. The molecule has 0 bridgehead atoms. The summed E-state index contributed by atoms with van der Waals surface area (Å²) < 4.78 is 10.9. The monoisotopic (exact) mass is 308 g/mol. The summed E-state index contributed by atoms with van der Waals surface area (Å²) in [5.41, 5.74) is 5.11. The third-order valence-corrected chi connectivity index (χ3v) is 3.90. The molecule has 4 heteroatoms. The fraction of sp³-hybridized carbons (Fsp3) is 0.211. The van der Waals surface area contributed by atoms with Crippen molar-refractivity contribution in [1.82, 2.24) is 10.2 Å². The van der Waals surface area contributed by atoms with E-state index in [2.05, 4.69) is 41.4 Å². The summed E-state index contributed by atoms with van der Waals surface area (Å²) in [5, 5.41) is 7.55. The molecule has 0 spiro atoms. The first-order valence-corrected chi connectivity index (χ1v) is 7.63. The number of aromatic nitrogens is 2. The van der Waals surface area contributed by atoms with Crippen molar-refractivity contribution in [1.29, 1.82) is 0 Å². The van der Waals surface area contributed by atoms with Crippen molar-refractivity contribution >= 4 is 0 Å². The van der Waals surface area contributed by atoms with Crippen LogP contribution in [0.1, 0.15) is 12.5 Å². The molecule has 23 heavy (non-hydrogen) atoms. The molecule has 0 aliphatic heterocycles. The Bertz CT molecular complexity index is 769. The number of H-pyrrole nitrogens is 1. The minimum absolute atomic E-state index is 0.728. The van der Waals surface area contributed by atoms with Crippen LogP contribution >= 0.6 is 0 Å². The molecule has 0 aliphatic rings. The lowest BCUT2D eigenvalue weighted by atomic mass is 10.0. The summed E-state index contributed by atoms with van der Waals surface area (Å²) >= 11 is 0. The number of methoxy groups -OCH3 is 2. The van der Waals surface area contributed by atoms with Crippen LogP contribution in [0.15, 0.2) is 48.5 Å². The Morgan fingerprint density at radius 1 is 0.957 bits per heavy atom. The van der Waals surface area contributed by atoms with Gasteiger partial charge in [0.15, 0.2) is 11.5 Å². The van der Waals surface area contributed by atoms with Crippen molar-refractivity contribution in [3.05, 3.63) is 54.1 Å². The Kier molecular flexibility index (Phi) is 4.33. The van der Waals surface area contributed by atoms with E-state index in [4.69, 9.17) is 9.47 Å². The summed E-state index contributed by atoms with van der Waals surface area (Å²) in [7, 11) is 3.32. The van der Waals surface area contributed by atoms with Gasteiger partial charge in [0.25, 0.3) is 0 Å². The zero-order chi connectivity index (χ0) is 16.2. The van der Waals surface area contributed by atoms with E-state index in [-0.39, 0.29) is 0 Å². The molecule has 118 valence electrons. The smallest absolute Gasteiger partial charge is 0.163 e. The molecule has 0 saturated carbocycles. The number of benzene rings is 2. The molecule has 0 saturated heterocycles. The second-order valence-electron chi connectivity index (χ2n) is 5.26. The lowest BCUT2D eigenvalue weighted by molar-refractivity contribution is 0.352. The van der Waals surface area contributed by atoms with Crippen molar-refractivity contribution in [2.24, 2.45) is 0 Å². The van der Waals surface area contributed by atoms with Crippen LogP contribution in [0.2, 0.25) is 0 Å². The van der Waals surface area contributed by atoms with E-state index >= 15 is 0 Å². The molecule has 1 N–H and O–H groups in total. The van der Waals surface area contributed by atoms with E-state index in [9.17, 15) is 0 Å². The number of hydrogen-bond acceptors (Lipinski definition) is 3. The van der Waals surface area contributed by atoms with E-state index in [0.29, 0.717) is 0 Å². The van der Waals surface area contributed by atoms with E-state index in [0.717, 1.165) is 46.0 Å². The van der Waals surface area contributed by atoms with Crippen LogP contribution < -0.4 is 9.47 Å². The van der Waals surface area contributed by atoms with Gasteiger partial charge < -0.3 is 9.47 Å². The van der Waals surface area contributed by atoms with Crippen LogP contribution in [0.3, 0.4) is 0 Å². The Balaban J connectivity index is 2.04.